The Balaban J connectivity index is 1.82. The Morgan fingerprint density at radius 3 is 2.65 bits per heavy atom. The fraction of sp³-hybridized carbons (Fsp3) is 0.300. The molecule has 0 unspecified atom stereocenters. The highest BCUT2D eigenvalue weighted by Gasteiger charge is 2.20. The van der Waals surface area contributed by atoms with E-state index in [4.69, 9.17) is 9.47 Å². The van der Waals surface area contributed by atoms with Crippen molar-refractivity contribution in [1.82, 2.24) is 10.3 Å². The molecule has 0 atom stereocenters. The topological polar surface area (TPSA) is 63.7 Å². The number of benzene rings is 1. The van der Waals surface area contributed by atoms with E-state index in [-0.39, 0.29) is 5.91 Å². The maximum atomic E-state index is 12.1. The SMILES string of the molecule is C=CCNC(=O)c1cncc(N2CCc3cc(OC)c(OC)cc3C2)c1. The van der Waals surface area contributed by atoms with Crippen molar-refractivity contribution in [2.75, 3.05) is 32.2 Å². The van der Waals surface area contributed by atoms with Gasteiger partial charge in [-0.05, 0) is 35.7 Å². The van der Waals surface area contributed by atoms with Crippen molar-refractivity contribution < 1.29 is 14.3 Å². The summed E-state index contributed by atoms with van der Waals surface area (Å²) in [6.07, 6.45) is 5.91. The number of hydrogen-bond acceptors (Lipinski definition) is 5. The standard InChI is InChI=1S/C20H23N3O3/c1-4-6-22-20(24)15-8-17(12-21-11-15)23-7-5-14-9-18(25-2)19(26-3)10-16(14)13-23/h4,8-12H,1,5-7,13H2,2-3H3,(H,22,24). The van der Waals surface area contributed by atoms with Crippen molar-refractivity contribution in [3.8, 4) is 11.5 Å². The van der Waals surface area contributed by atoms with E-state index >= 15 is 0 Å². The number of carbonyl (C=O) groups excluding carboxylic acids is 1. The molecule has 1 amide bonds. The van der Waals surface area contributed by atoms with Gasteiger partial charge in [0, 0.05) is 25.8 Å². The Morgan fingerprint density at radius 2 is 1.96 bits per heavy atom. The van der Waals surface area contributed by atoms with Gasteiger partial charge in [0.2, 0.25) is 0 Å². The van der Waals surface area contributed by atoms with Crippen LogP contribution in [-0.2, 0) is 13.0 Å². The molecule has 26 heavy (non-hydrogen) atoms. The Bertz CT molecular complexity index is 820. The predicted octanol–water partition coefficient (Wildman–Crippen LogP) is 2.58. The minimum absolute atomic E-state index is 0.150. The molecular weight excluding hydrogens is 330 g/mol. The molecule has 0 saturated heterocycles. The van der Waals surface area contributed by atoms with Gasteiger partial charge in [0.15, 0.2) is 11.5 Å². The number of nitrogens with one attached hydrogen (secondary N) is 1. The number of aromatic nitrogens is 1. The van der Waals surface area contributed by atoms with E-state index < -0.39 is 0 Å². The third kappa shape index (κ3) is 3.64. The second kappa shape index (κ2) is 7.91. The maximum absolute atomic E-state index is 12.1. The molecule has 3 rings (SSSR count). The van der Waals surface area contributed by atoms with Crippen LogP contribution in [0, 0.1) is 0 Å². The van der Waals surface area contributed by atoms with Crippen molar-refractivity contribution >= 4 is 11.6 Å². The van der Waals surface area contributed by atoms with Gasteiger partial charge in [-0.25, -0.2) is 0 Å². The lowest BCUT2D eigenvalue weighted by Gasteiger charge is -2.31. The molecule has 6 heteroatoms. The van der Waals surface area contributed by atoms with Crippen molar-refractivity contribution in [3.05, 3.63) is 59.9 Å². The van der Waals surface area contributed by atoms with Crippen LogP contribution in [0.4, 0.5) is 5.69 Å². The van der Waals surface area contributed by atoms with Crippen LogP contribution in [0.25, 0.3) is 0 Å². The second-order valence-corrected chi connectivity index (χ2v) is 6.08. The number of anilines is 1. The quantitative estimate of drug-likeness (QED) is 0.809. The first kappa shape index (κ1) is 17.8. The zero-order chi connectivity index (χ0) is 18.5. The van der Waals surface area contributed by atoms with E-state index in [0.29, 0.717) is 12.1 Å². The van der Waals surface area contributed by atoms with E-state index in [1.165, 1.54) is 11.1 Å². The number of carbonyl (C=O) groups is 1. The summed E-state index contributed by atoms with van der Waals surface area (Å²) in [4.78, 5) is 18.6. The Morgan fingerprint density at radius 1 is 1.23 bits per heavy atom. The molecule has 0 saturated carbocycles. The van der Waals surface area contributed by atoms with Crippen LogP contribution < -0.4 is 19.7 Å². The molecule has 0 spiro atoms. The first-order valence-electron chi connectivity index (χ1n) is 8.49. The fourth-order valence-corrected chi connectivity index (χ4v) is 3.10. The van der Waals surface area contributed by atoms with Gasteiger partial charge in [-0.15, -0.1) is 6.58 Å². The van der Waals surface area contributed by atoms with Crippen LogP contribution in [0.5, 0.6) is 11.5 Å². The summed E-state index contributed by atoms with van der Waals surface area (Å²) < 4.78 is 10.8. The number of fused-ring (bicyclic) bond motifs is 1. The third-order valence-corrected chi connectivity index (χ3v) is 4.48. The number of hydrogen-bond donors (Lipinski definition) is 1. The average Bonchev–Trinajstić information content (AvgIpc) is 2.70. The molecule has 1 aliphatic heterocycles. The molecule has 0 aliphatic carbocycles. The predicted molar refractivity (Wildman–Crippen MR) is 101 cm³/mol. The minimum atomic E-state index is -0.150. The number of amides is 1. The van der Waals surface area contributed by atoms with Crippen molar-refractivity contribution in [1.29, 1.82) is 0 Å². The van der Waals surface area contributed by atoms with Crippen molar-refractivity contribution in [3.63, 3.8) is 0 Å². The number of nitrogens with zero attached hydrogens (tertiary/aromatic N) is 2. The first-order chi connectivity index (χ1) is 12.7. The normalized spacial score (nSPS) is 12.9. The van der Waals surface area contributed by atoms with E-state index in [1.807, 2.05) is 18.2 Å². The lowest BCUT2D eigenvalue weighted by Crippen LogP contribution is -2.31. The Hall–Kier alpha value is -3.02. The van der Waals surface area contributed by atoms with Crippen LogP contribution >= 0.6 is 0 Å². The van der Waals surface area contributed by atoms with Gasteiger partial charge in [-0.3, -0.25) is 9.78 Å². The van der Waals surface area contributed by atoms with Gasteiger partial charge in [0.25, 0.3) is 5.91 Å². The summed E-state index contributed by atoms with van der Waals surface area (Å²) in [5.74, 6) is 1.33. The molecule has 2 aromatic rings. The molecule has 136 valence electrons. The highest BCUT2D eigenvalue weighted by molar-refractivity contribution is 5.94. The maximum Gasteiger partial charge on any atom is 0.253 e. The molecule has 0 radical (unpaired) electrons. The van der Waals surface area contributed by atoms with Crippen LogP contribution in [-0.4, -0.2) is 38.2 Å². The third-order valence-electron chi connectivity index (χ3n) is 4.48. The zero-order valence-electron chi connectivity index (χ0n) is 15.1. The molecule has 6 nitrogen and oxygen atoms in total. The van der Waals surface area contributed by atoms with E-state index in [0.717, 1.165) is 36.7 Å². The first-order valence-corrected chi connectivity index (χ1v) is 8.49. The van der Waals surface area contributed by atoms with Crippen LogP contribution in [0.3, 0.4) is 0 Å². The largest absolute Gasteiger partial charge is 0.493 e. The molecule has 1 aromatic carbocycles. The highest BCUT2D eigenvalue weighted by atomic mass is 16.5. The minimum Gasteiger partial charge on any atom is -0.493 e. The lowest BCUT2D eigenvalue weighted by atomic mass is 9.98. The molecule has 1 aliphatic rings. The highest BCUT2D eigenvalue weighted by Crippen LogP contribution is 2.34. The number of pyridine rings is 1. The summed E-state index contributed by atoms with van der Waals surface area (Å²) >= 11 is 0. The van der Waals surface area contributed by atoms with Gasteiger partial charge in [0.05, 0.1) is 31.7 Å². The summed E-state index contributed by atoms with van der Waals surface area (Å²) in [5.41, 5.74) is 3.92. The van der Waals surface area contributed by atoms with E-state index in [9.17, 15) is 4.79 Å². The Labute approximate surface area is 153 Å². The number of methoxy groups -OCH3 is 2. The Kier molecular flexibility index (Phi) is 5.41. The second-order valence-electron chi connectivity index (χ2n) is 6.08. The van der Waals surface area contributed by atoms with Gasteiger partial charge < -0.3 is 19.7 Å². The van der Waals surface area contributed by atoms with Crippen molar-refractivity contribution in [2.45, 2.75) is 13.0 Å². The van der Waals surface area contributed by atoms with Crippen molar-refractivity contribution in [2.24, 2.45) is 0 Å². The van der Waals surface area contributed by atoms with Gasteiger partial charge in [0.1, 0.15) is 0 Å². The lowest BCUT2D eigenvalue weighted by molar-refractivity contribution is 0.0957. The molecule has 1 N–H and O–H groups in total. The average molecular weight is 353 g/mol. The van der Waals surface area contributed by atoms with Gasteiger partial charge in [-0.1, -0.05) is 6.08 Å². The molecule has 1 aromatic heterocycles. The number of rotatable bonds is 6. The monoisotopic (exact) mass is 353 g/mol. The molecule has 0 fully saturated rings. The fourth-order valence-electron chi connectivity index (χ4n) is 3.10. The molecular formula is C20H23N3O3. The number of ether oxygens (including phenoxy) is 2. The summed E-state index contributed by atoms with van der Waals surface area (Å²) in [6, 6.07) is 5.94. The summed E-state index contributed by atoms with van der Waals surface area (Å²) in [5, 5.41) is 2.78. The van der Waals surface area contributed by atoms with Gasteiger partial charge >= 0.3 is 0 Å². The molecule has 0 bridgehead atoms. The molecule has 2 heterocycles. The van der Waals surface area contributed by atoms with E-state index in [1.54, 1.807) is 32.7 Å². The summed E-state index contributed by atoms with van der Waals surface area (Å²) in [6.45, 7) is 5.62. The van der Waals surface area contributed by atoms with Crippen LogP contribution in [0.2, 0.25) is 0 Å². The van der Waals surface area contributed by atoms with E-state index in [2.05, 4.69) is 21.8 Å². The van der Waals surface area contributed by atoms with Crippen LogP contribution in [0.1, 0.15) is 21.5 Å². The van der Waals surface area contributed by atoms with Gasteiger partial charge in [-0.2, -0.15) is 0 Å². The van der Waals surface area contributed by atoms with Crippen LogP contribution in [0.15, 0.2) is 43.2 Å². The zero-order valence-corrected chi connectivity index (χ0v) is 15.1. The summed E-state index contributed by atoms with van der Waals surface area (Å²) in [7, 11) is 3.29. The smallest absolute Gasteiger partial charge is 0.253 e.